The lowest BCUT2D eigenvalue weighted by molar-refractivity contribution is -0.162. The van der Waals surface area contributed by atoms with Crippen LogP contribution >= 0.6 is 0 Å². The number of hydrogen-bond acceptors (Lipinski definition) is 6. The number of ether oxygens (including phenoxy) is 2. The minimum Gasteiger partial charge on any atom is -0.451 e. The molecular formula is C15H23N3O6. The summed E-state index contributed by atoms with van der Waals surface area (Å²) in [7, 11) is 0. The van der Waals surface area contributed by atoms with Crippen LogP contribution in [0.25, 0.3) is 0 Å². The van der Waals surface area contributed by atoms with Crippen LogP contribution in [0.3, 0.4) is 0 Å². The summed E-state index contributed by atoms with van der Waals surface area (Å²) in [6, 6.07) is -0.631. The van der Waals surface area contributed by atoms with Gasteiger partial charge in [0.2, 0.25) is 0 Å². The molecule has 0 aliphatic carbocycles. The second kappa shape index (κ2) is 7.16. The Morgan fingerprint density at radius 2 is 1.96 bits per heavy atom. The second-order valence-electron chi connectivity index (χ2n) is 6.08. The quantitative estimate of drug-likeness (QED) is 0.534. The highest BCUT2D eigenvalue weighted by atomic mass is 16.5. The Labute approximate surface area is 140 Å². The van der Waals surface area contributed by atoms with Crippen molar-refractivity contribution in [3.63, 3.8) is 0 Å². The van der Waals surface area contributed by atoms with Crippen molar-refractivity contribution in [3.05, 3.63) is 0 Å². The van der Waals surface area contributed by atoms with Gasteiger partial charge in [0.1, 0.15) is 12.1 Å². The molecule has 0 saturated carbocycles. The summed E-state index contributed by atoms with van der Waals surface area (Å²) in [4.78, 5) is 50.6. The van der Waals surface area contributed by atoms with Gasteiger partial charge in [0, 0.05) is 13.1 Å². The minimum absolute atomic E-state index is 0.317. The summed E-state index contributed by atoms with van der Waals surface area (Å²) >= 11 is 0. The molecule has 0 bridgehead atoms. The molecule has 9 heteroatoms. The first-order valence-electron chi connectivity index (χ1n) is 7.98. The van der Waals surface area contributed by atoms with Crippen molar-refractivity contribution in [1.29, 1.82) is 0 Å². The molecule has 134 valence electrons. The van der Waals surface area contributed by atoms with Crippen LogP contribution in [0, 0.1) is 0 Å². The molecule has 0 aromatic rings. The third-order valence-electron chi connectivity index (χ3n) is 4.32. The summed E-state index contributed by atoms with van der Waals surface area (Å²) in [6.07, 6.45) is -0.566. The molecule has 2 atom stereocenters. The topological polar surface area (TPSA) is 105 Å². The summed E-state index contributed by atoms with van der Waals surface area (Å²) in [5, 5.41) is 2.55. The minimum atomic E-state index is -1.01. The van der Waals surface area contributed by atoms with Gasteiger partial charge in [0.05, 0.1) is 13.2 Å². The fourth-order valence-electron chi connectivity index (χ4n) is 2.59. The molecule has 0 spiro atoms. The van der Waals surface area contributed by atoms with Crippen LogP contribution in [-0.2, 0) is 23.9 Å². The molecule has 9 nitrogen and oxygen atoms in total. The fourth-order valence-corrected chi connectivity index (χ4v) is 2.59. The van der Waals surface area contributed by atoms with E-state index in [4.69, 9.17) is 9.47 Å². The highest BCUT2D eigenvalue weighted by molar-refractivity contribution is 6.08. The Balaban J connectivity index is 1.89. The standard InChI is InChI=1S/C15H23N3O6/c1-4-15(3)13(21)18(14(22)16-15)9-11(19)24-10(2)12(20)17-5-7-23-8-6-17/h10H,4-9H2,1-3H3,(H,16,22). The summed E-state index contributed by atoms with van der Waals surface area (Å²) in [5.74, 6) is -1.59. The fraction of sp³-hybridized carbons (Fsp3) is 0.733. The van der Waals surface area contributed by atoms with Crippen LogP contribution in [0.1, 0.15) is 27.2 Å². The van der Waals surface area contributed by atoms with E-state index in [0.717, 1.165) is 4.90 Å². The average molecular weight is 341 g/mol. The maximum absolute atomic E-state index is 12.2. The molecule has 2 fully saturated rings. The average Bonchev–Trinajstić information content (AvgIpc) is 2.78. The van der Waals surface area contributed by atoms with E-state index in [9.17, 15) is 19.2 Å². The van der Waals surface area contributed by atoms with E-state index in [1.54, 1.807) is 18.7 Å². The first-order chi connectivity index (χ1) is 11.3. The molecule has 2 heterocycles. The van der Waals surface area contributed by atoms with Gasteiger partial charge in [-0.1, -0.05) is 6.92 Å². The number of nitrogens with one attached hydrogen (secondary N) is 1. The molecule has 2 aliphatic rings. The Morgan fingerprint density at radius 3 is 2.50 bits per heavy atom. The Kier molecular flexibility index (Phi) is 5.43. The smallest absolute Gasteiger partial charge is 0.327 e. The molecule has 2 unspecified atom stereocenters. The second-order valence-corrected chi connectivity index (χ2v) is 6.08. The molecule has 0 aromatic carbocycles. The van der Waals surface area contributed by atoms with E-state index in [0.29, 0.717) is 32.7 Å². The highest BCUT2D eigenvalue weighted by Crippen LogP contribution is 2.20. The van der Waals surface area contributed by atoms with Crippen molar-refractivity contribution < 1.29 is 28.7 Å². The van der Waals surface area contributed by atoms with Crippen molar-refractivity contribution in [1.82, 2.24) is 15.1 Å². The van der Waals surface area contributed by atoms with Crippen molar-refractivity contribution in [2.45, 2.75) is 38.8 Å². The normalized spacial score (nSPS) is 25.5. The van der Waals surface area contributed by atoms with Gasteiger partial charge in [-0.2, -0.15) is 0 Å². The van der Waals surface area contributed by atoms with Gasteiger partial charge in [-0.25, -0.2) is 4.79 Å². The zero-order chi connectivity index (χ0) is 17.9. The molecule has 24 heavy (non-hydrogen) atoms. The largest absolute Gasteiger partial charge is 0.451 e. The van der Waals surface area contributed by atoms with Crippen LogP contribution in [0.4, 0.5) is 4.79 Å². The number of urea groups is 1. The number of nitrogens with zero attached hydrogens (tertiary/aromatic N) is 2. The van der Waals surface area contributed by atoms with Crippen LogP contribution < -0.4 is 5.32 Å². The van der Waals surface area contributed by atoms with Crippen LogP contribution in [0.15, 0.2) is 0 Å². The number of carbonyl (C=O) groups is 4. The summed E-state index contributed by atoms with van der Waals surface area (Å²) in [5.41, 5.74) is -1.01. The lowest BCUT2D eigenvalue weighted by Gasteiger charge is -2.29. The number of amides is 4. The first-order valence-corrected chi connectivity index (χ1v) is 7.98. The molecule has 2 saturated heterocycles. The molecule has 2 rings (SSSR count). The Hall–Kier alpha value is -2.16. The Morgan fingerprint density at radius 1 is 1.33 bits per heavy atom. The summed E-state index contributed by atoms with van der Waals surface area (Å²) in [6.45, 7) is 6.12. The van der Waals surface area contributed by atoms with Gasteiger partial charge in [-0.15, -0.1) is 0 Å². The predicted molar refractivity (Wildman–Crippen MR) is 81.9 cm³/mol. The lowest BCUT2D eigenvalue weighted by atomic mass is 9.99. The maximum Gasteiger partial charge on any atom is 0.327 e. The molecule has 4 amide bonds. The Bertz CT molecular complexity index is 545. The zero-order valence-corrected chi connectivity index (χ0v) is 14.2. The van der Waals surface area contributed by atoms with Gasteiger partial charge in [-0.05, 0) is 20.3 Å². The number of esters is 1. The van der Waals surface area contributed by atoms with Crippen molar-refractivity contribution in [2.24, 2.45) is 0 Å². The highest BCUT2D eigenvalue weighted by Gasteiger charge is 2.47. The number of hydrogen-bond donors (Lipinski definition) is 1. The van der Waals surface area contributed by atoms with E-state index in [1.807, 2.05) is 0 Å². The molecular weight excluding hydrogens is 318 g/mol. The summed E-state index contributed by atoms with van der Waals surface area (Å²) < 4.78 is 10.2. The monoisotopic (exact) mass is 341 g/mol. The third kappa shape index (κ3) is 3.66. The van der Waals surface area contributed by atoms with Crippen molar-refractivity contribution in [3.8, 4) is 0 Å². The number of imide groups is 1. The lowest BCUT2D eigenvalue weighted by Crippen LogP contribution is -2.47. The van der Waals surface area contributed by atoms with E-state index < -0.39 is 36.1 Å². The van der Waals surface area contributed by atoms with Gasteiger partial charge >= 0.3 is 12.0 Å². The van der Waals surface area contributed by atoms with Gasteiger partial charge < -0.3 is 19.7 Å². The first kappa shape index (κ1) is 18.2. The number of morpholine rings is 1. The van der Waals surface area contributed by atoms with E-state index in [-0.39, 0.29) is 5.91 Å². The van der Waals surface area contributed by atoms with E-state index in [2.05, 4.69) is 5.32 Å². The SMILES string of the molecule is CCC1(C)NC(=O)N(CC(=O)OC(C)C(=O)N2CCOCC2)C1=O. The predicted octanol–water partition coefficient (Wildman–Crippen LogP) is -0.503. The molecule has 0 radical (unpaired) electrons. The van der Waals surface area contributed by atoms with Crippen molar-refractivity contribution >= 4 is 23.8 Å². The van der Waals surface area contributed by atoms with Gasteiger partial charge in [0.25, 0.3) is 11.8 Å². The van der Waals surface area contributed by atoms with E-state index in [1.165, 1.54) is 6.92 Å². The third-order valence-corrected chi connectivity index (χ3v) is 4.32. The van der Waals surface area contributed by atoms with Crippen LogP contribution in [0.5, 0.6) is 0 Å². The van der Waals surface area contributed by atoms with Crippen LogP contribution in [-0.4, -0.2) is 78.1 Å². The zero-order valence-electron chi connectivity index (χ0n) is 14.2. The van der Waals surface area contributed by atoms with Gasteiger partial charge in [-0.3, -0.25) is 19.3 Å². The van der Waals surface area contributed by atoms with Crippen molar-refractivity contribution in [2.75, 3.05) is 32.8 Å². The number of carbonyl (C=O) groups excluding carboxylic acids is 4. The van der Waals surface area contributed by atoms with E-state index >= 15 is 0 Å². The molecule has 2 aliphatic heterocycles. The van der Waals surface area contributed by atoms with Gasteiger partial charge in [0.15, 0.2) is 6.10 Å². The molecule has 0 aromatic heterocycles. The number of rotatable bonds is 5. The van der Waals surface area contributed by atoms with Crippen LogP contribution in [0.2, 0.25) is 0 Å². The maximum atomic E-state index is 12.2. The molecule has 1 N–H and O–H groups in total.